The first-order valence-corrected chi connectivity index (χ1v) is 25.9. The summed E-state index contributed by atoms with van der Waals surface area (Å²) < 4.78 is 7.98. The van der Waals surface area contributed by atoms with Crippen molar-refractivity contribution in [1.82, 2.24) is 39.4 Å². The van der Waals surface area contributed by atoms with Crippen molar-refractivity contribution < 1.29 is 29.6 Å². The molecule has 2 aromatic heterocycles. The molecule has 18 heteroatoms. The quantitative estimate of drug-likeness (QED) is 0.101. The Morgan fingerprint density at radius 1 is 0.877 bits per heavy atom. The highest BCUT2D eigenvalue weighted by Gasteiger charge is 2.36. The van der Waals surface area contributed by atoms with Crippen LogP contribution >= 0.6 is 11.6 Å². The van der Waals surface area contributed by atoms with Gasteiger partial charge in [-0.2, -0.15) is 15.2 Å². The highest BCUT2D eigenvalue weighted by Crippen LogP contribution is 2.40. The number of nitrogens with zero attached hydrogens (tertiary/aromatic N) is 11. The average Bonchev–Trinajstić information content (AvgIpc) is 4.04. The van der Waals surface area contributed by atoms with Gasteiger partial charge in [0.2, 0.25) is 11.8 Å². The number of anilines is 2. The van der Waals surface area contributed by atoms with Gasteiger partial charge in [-0.05, 0) is 91.5 Å². The van der Waals surface area contributed by atoms with Gasteiger partial charge < -0.3 is 39.7 Å². The van der Waals surface area contributed by atoms with E-state index < -0.39 is 0 Å². The molecule has 3 N–H and O–H groups in total. The van der Waals surface area contributed by atoms with E-state index in [-0.39, 0.29) is 65.4 Å². The van der Waals surface area contributed by atoms with Crippen LogP contribution in [-0.2, 0) is 29.1 Å². The molecular weight excluding hydrogens is 946 g/mol. The molecule has 0 spiro atoms. The first-order chi connectivity index (χ1) is 35.4. The second kappa shape index (κ2) is 21.1. The molecule has 0 saturated carbocycles. The Bertz CT molecular complexity index is 3050. The number of carbonyl (C=O) groups excluding carboxylic acids is 2. The molecule has 10 rings (SSSR count). The van der Waals surface area contributed by atoms with Gasteiger partial charge >= 0.3 is 12.0 Å². The number of phenols is 2. The predicted molar refractivity (Wildman–Crippen MR) is 278 cm³/mol. The molecule has 4 aliphatic rings. The molecule has 6 heterocycles. The van der Waals surface area contributed by atoms with Gasteiger partial charge in [-0.1, -0.05) is 73.9 Å². The fraction of sp³-hybridized carbons (Fsp3) is 0.436. The highest BCUT2D eigenvalue weighted by atomic mass is 35.5. The number of hydrogen-bond donors (Lipinski definition) is 3. The van der Waals surface area contributed by atoms with Gasteiger partial charge in [-0.3, -0.25) is 14.5 Å². The molecule has 73 heavy (non-hydrogen) atoms. The zero-order chi connectivity index (χ0) is 50.9. The van der Waals surface area contributed by atoms with E-state index in [2.05, 4.69) is 55.2 Å². The van der Waals surface area contributed by atoms with Crippen molar-refractivity contribution >= 4 is 45.7 Å². The molecule has 4 aliphatic heterocycles. The number of rotatable bonds is 13. The van der Waals surface area contributed by atoms with Crippen LogP contribution in [0.1, 0.15) is 81.2 Å². The van der Waals surface area contributed by atoms with Crippen molar-refractivity contribution in [1.29, 1.82) is 5.26 Å². The Labute approximate surface area is 430 Å². The monoisotopic (exact) mass is 1010 g/mol. The number of carbonyl (C=O) groups is 2. The van der Waals surface area contributed by atoms with Crippen LogP contribution in [-0.4, -0.2) is 132 Å². The summed E-state index contributed by atoms with van der Waals surface area (Å²) in [6.45, 7) is 12.5. The van der Waals surface area contributed by atoms with Gasteiger partial charge in [-0.15, -0.1) is 5.10 Å². The van der Waals surface area contributed by atoms with E-state index in [9.17, 15) is 30.2 Å². The van der Waals surface area contributed by atoms with Crippen LogP contribution < -0.4 is 14.5 Å². The molecule has 0 radical (unpaired) electrons. The number of aromatic hydroxyl groups is 3. The fourth-order valence-corrected chi connectivity index (χ4v) is 11.5. The maximum absolute atomic E-state index is 14.0. The van der Waals surface area contributed by atoms with Gasteiger partial charge in [0.1, 0.15) is 17.3 Å². The highest BCUT2D eigenvalue weighted by molar-refractivity contribution is 6.36. The van der Waals surface area contributed by atoms with Crippen molar-refractivity contribution in [3.05, 3.63) is 100 Å². The average molecular weight is 1010 g/mol. The van der Waals surface area contributed by atoms with E-state index in [0.29, 0.717) is 93.1 Å². The number of halogens is 1. The molecule has 0 aliphatic carbocycles. The van der Waals surface area contributed by atoms with E-state index >= 15 is 0 Å². The van der Waals surface area contributed by atoms with Gasteiger partial charge in [0, 0.05) is 86.8 Å². The molecular formula is C55H62ClN11O6. The lowest BCUT2D eigenvalue weighted by molar-refractivity contribution is -0.136. The van der Waals surface area contributed by atoms with Crippen LogP contribution in [0.3, 0.4) is 0 Å². The predicted octanol–water partition coefficient (Wildman–Crippen LogP) is 7.81. The lowest BCUT2D eigenvalue weighted by Gasteiger charge is -2.42. The van der Waals surface area contributed by atoms with E-state index in [4.69, 9.17) is 26.3 Å². The molecule has 2 amide bonds. The number of piperazine rings is 1. The lowest BCUT2D eigenvalue weighted by Crippen LogP contribution is -2.55. The smallest absolute Gasteiger partial charge is 0.319 e. The first kappa shape index (κ1) is 49.4. The summed E-state index contributed by atoms with van der Waals surface area (Å²) in [4.78, 5) is 47.8. The number of piperidine rings is 1. The number of hydrogen-bond acceptors (Lipinski definition) is 14. The standard InChI is InChI=1S/C55H62ClN11O6/c1-4-49(70)66-26-25-64(31-40(66)15-20-57)51-41-19-24-63(46-10-6-8-37-7-5-9-44(56)50(37)46)32-45(41)58-54(59-51)73-33-36-16-23-65(30-36)53(71)38-17-21-62(22-18-38)29-35-11-13-39(14-12-35)67-52(60-61-55(67)72)43-27-42(34(2)3)47(68)28-48(43)69/h5-14,27-28,34,36,38,40,68-69H,4,15-19,21-26,29-33H2,1-3H3,(H,61,72)/t36-,40+/m1/s1. The largest absolute Gasteiger partial charge is 0.508 e. The molecule has 6 aromatic rings. The first-order valence-electron chi connectivity index (χ1n) is 25.5. The molecule has 0 bridgehead atoms. The second-order valence-electron chi connectivity index (χ2n) is 20.2. The minimum atomic E-state index is -0.320. The summed E-state index contributed by atoms with van der Waals surface area (Å²) >= 11 is 6.80. The van der Waals surface area contributed by atoms with Crippen LogP contribution in [0, 0.1) is 23.2 Å². The molecule has 3 fully saturated rings. The van der Waals surface area contributed by atoms with E-state index in [1.165, 1.54) is 10.6 Å². The van der Waals surface area contributed by atoms with E-state index in [0.717, 1.165) is 78.0 Å². The summed E-state index contributed by atoms with van der Waals surface area (Å²) in [5.41, 5.74) is 5.66. The zero-order valence-corrected chi connectivity index (χ0v) is 42.4. The van der Waals surface area contributed by atoms with Gasteiger partial charge in [0.25, 0.3) is 0 Å². The molecule has 380 valence electrons. The maximum Gasteiger partial charge on any atom is 0.319 e. The van der Waals surface area contributed by atoms with Crippen molar-refractivity contribution in [3.63, 3.8) is 0 Å². The summed E-state index contributed by atoms with van der Waals surface area (Å²) in [5.74, 6) is 1.18. The number of aromatic nitrogens is 5. The van der Waals surface area contributed by atoms with Crippen molar-refractivity contribution in [2.45, 2.75) is 84.3 Å². The Morgan fingerprint density at radius 3 is 2.41 bits per heavy atom. The number of amides is 2. The number of likely N-dealkylation sites (tertiary alicyclic amines) is 2. The fourth-order valence-electron chi connectivity index (χ4n) is 11.2. The number of phenolic OH excluding ortho intramolecular Hbond substituents is 2. The second-order valence-corrected chi connectivity index (χ2v) is 20.6. The van der Waals surface area contributed by atoms with E-state index in [1.807, 2.05) is 67.0 Å². The minimum absolute atomic E-state index is 0.00733. The van der Waals surface area contributed by atoms with Crippen LogP contribution in [0.25, 0.3) is 27.8 Å². The minimum Gasteiger partial charge on any atom is -0.508 e. The summed E-state index contributed by atoms with van der Waals surface area (Å²) in [7, 11) is 0. The third-order valence-electron chi connectivity index (χ3n) is 15.2. The number of nitriles is 1. The number of fused-ring (bicyclic) bond motifs is 2. The third kappa shape index (κ3) is 10.1. The SMILES string of the molecule is CCC(=O)N1CCN(c2nc(OC[C@@H]3CCN(C(=O)C4CCN(Cc5ccc(-n6c(O)nnc6-c6cc(C(C)C)c(O)cc6O)cc5)CC4)C3)nc3c2CCN(c2cccc4cccc(Cl)c24)C3)C[C@@H]1CC#N. The molecule has 4 aromatic carbocycles. The van der Waals surface area contributed by atoms with Crippen LogP contribution in [0.15, 0.2) is 72.8 Å². The van der Waals surface area contributed by atoms with Crippen molar-refractivity contribution in [2.75, 3.05) is 68.8 Å². The zero-order valence-electron chi connectivity index (χ0n) is 41.6. The maximum atomic E-state index is 14.0. The molecule has 0 unspecified atom stereocenters. The summed E-state index contributed by atoms with van der Waals surface area (Å²) in [6.07, 6.45) is 3.68. The molecule has 17 nitrogen and oxygen atoms in total. The van der Waals surface area contributed by atoms with Gasteiger partial charge in [0.05, 0.1) is 53.7 Å². The van der Waals surface area contributed by atoms with Crippen LogP contribution in [0.4, 0.5) is 11.5 Å². The summed E-state index contributed by atoms with van der Waals surface area (Å²) in [6, 6.07) is 24.9. The van der Waals surface area contributed by atoms with E-state index in [1.54, 1.807) is 6.07 Å². The van der Waals surface area contributed by atoms with Crippen LogP contribution in [0.5, 0.6) is 23.5 Å². The van der Waals surface area contributed by atoms with Gasteiger partial charge in [-0.25, -0.2) is 4.57 Å². The Balaban J connectivity index is 0.771. The molecule has 3 saturated heterocycles. The third-order valence-corrected chi connectivity index (χ3v) is 15.5. The Hall–Kier alpha value is -7.16. The Morgan fingerprint density at radius 2 is 1.66 bits per heavy atom. The lowest BCUT2D eigenvalue weighted by atomic mass is 9.95. The normalized spacial score (nSPS) is 18.6. The van der Waals surface area contributed by atoms with Crippen LogP contribution in [0.2, 0.25) is 5.02 Å². The molecule has 2 atom stereocenters. The van der Waals surface area contributed by atoms with Gasteiger partial charge in [0.15, 0.2) is 5.82 Å². The van der Waals surface area contributed by atoms with Crippen molar-refractivity contribution in [2.24, 2.45) is 11.8 Å². The summed E-state index contributed by atoms with van der Waals surface area (Å²) in [5, 5.41) is 52.4. The van der Waals surface area contributed by atoms with Crippen molar-refractivity contribution in [3.8, 4) is 46.7 Å². The topological polar surface area (TPSA) is 201 Å². The Kier molecular flexibility index (Phi) is 14.3. The number of ether oxygens (including phenoxy) is 1. The number of benzene rings is 4.